The van der Waals surface area contributed by atoms with Gasteiger partial charge in [-0.05, 0) is 37.1 Å². The van der Waals surface area contributed by atoms with Crippen LogP contribution in [0.3, 0.4) is 0 Å². The number of benzene rings is 1. The number of aromatic nitrogens is 3. The monoisotopic (exact) mass is 500 g/mol. The van der Waals surface area contributed by atoms with E-state index in [1.807, 2.05) is 9.95 Å². The van der Waals surface area contributed by atoms with Gasteiger partial charge in [0.05, 0.1) is 22.0 Å². The minimum Gasteiger partial charge on any atom is -0.324 e. The van der Waals surface area contributed by atoms with Crippen LogP contribution < -0.4 is 5.32 Å². The van der Waals surface area contributed by atoms with Crippen molar-refractivity contribution in [3.63, 3.8) is 0 Å². The highest BCUT2D eigenvalue weighted by molar-refractivity contribution is 7.99. The molecule has 0 spiro atoms. The van der Waals surface area contributed by atoms with Crippen molar-refractivity contribution in [1.29, 1.82) is 0 Å². The lowest BCUT2D eigenvalue weighted by Crippen LogP contribution is -2.16. The summed E-state index contributed by atoms with van der Waals surface area (Å²) in [7, 11) is 0. The first-order valence-corrected chi connectivity index (χ1v) is 11.8. The molecule has 5 nitrogen and oxygen atoms in total. The number of alkyl halides is 3. The van der Waals surface area contributed by atoms with E-state index in [2.05, 4.69) is 35.9 Å². The van der Waals surface area contributed by atoms with Crippen LogP contribution in [0, 0.1) is 6.92 Å². The zero-order valence-electron chi connectivity index (χ0n) is 17.3. The molecular formula is C21H20ClF3N4OS2. The molecule has 1 aromatic carbocycles. The number of anilines is 1. The number of thiophene rings is 1. The summed E-state index contributed by atoms with van der Waals surface area (Å²) in [5, 5.41) is 13.5. The number of rotatable bonds is 8. The number of amides is 1. The summed E-state index contributed by atoms with van der Waals surface area (Å²) in [4.78, 5) is 13.6. The molecule has 0 aliphatic rings. The first-order chi connectivity index (χ1) is 15.2. The standard InChI is InChI=1S/C21H20ClF3N4OS2/c1-4-8-29-19(15-10-31-12(3)14(15)5-2)27-28-20(29)32-11-18(30)26-17-9-13(21(23,24)25)6-7-16(17)22/h4,6-7,9-10H,1,5,8,11H2,2-3H3,(H,26,30). The lowest BCUT2D eigenvalue weighted by molar-refractivity contribution is -0.137. The van der Waals surface area contributed by atoms with E-state index in [9.17, 15) is 18.0 Å². The molecule has 0 bridgehead atoms. The third-order valence-corrected chi connectivity index (χ3v) is 6.88. The van der Waals surface area contributed by atoms with Gasteiger partial charge in [0.1, 0.15) is 0 Å². The van der Waals surface area contributed by atoms with Gasteiger partial charge in [-0.2, -0.15) is 13.2 Å². The predicted octanol–water partition coefficient (Wildman–Crippen LogP) is 6.47. The minimum absolute atomic E-state index is 0.0217. The molecule has 170 valence electrons. The van der Waals surface area contributed by atoms with Gasteiger partial charge in [0.15, 0.2) is 11.0 Å². The Bertz CT molecular complexity index is 1140. The number of nitrogens with one attached hydrogen (secondary N) is 1. The number of hydrogen-bond acceptors (Lipinski definition) is 5. The van der Waals surface area contributed by atoms with Gasteiger partial charge in [0.25, 0.3) is 0 Å². The fraction of sp³-hybridized carbons (Fsp3) is 0.286. The second-order valence-electron chi connectivity index (χ2n) is 6.77. The van der Waals surface area contributed by atoms with Gasteiger partial charge >= 0.3 is 6.18 Å². The number of thioether (sulfide) groups is 1. The highest BCUT2D eigenvalue weighted by Crippen LogP contribution is 2.35. The first-order valence-electron chi connectivity index (χ1n) is 9.56. The van der Waals surface area contributed by atoms with Crippen LogP contribution in [0.25, 0.3) is 11.4 Å². The third kappa shape index (κ3) is 5.36. The van der Waals surface area contributed by atoms with E-state index in [-0.39, 0.29) is 16.5 Å². The summed E-state index contributed by atoms with van der Waals surface area (Å²) in [6, 6.07) is 2.78. The first kappa shape index (κ1) is 24.3. The van der Waals surface area contributed by atoms with Crippen LogP contribution in [0.1, 0.15) is 22.9 Å². The Morgan fingerprint density at radius 3 is 2.78 bits per heavy atom. The Hall–Kier alpha value is -2.30. The molecule has 0 fully saturated rings. The fourth-order valence-electron chi connectivity index (χ4n) is 3.11. The van der Waals surface area contributed by atoms with Crippen LogP contribution in [-0.2, 0) is 23.9 Å². The summed E-state index contributed by atoms with van der Waals surface area (Å²) < 4.78 is 40.7. The summed E-state index contributed by atoms with van der Waals surface area (Å²) >= 11 is 8.72. The zero-order chi connectivity index (χ0) is 23.5. The number of carbonyl (C=O) groups is 1. The van der Waals surface area contributed by atoms with Crippen LogP contribution in [0.5, 0.6) is 0 Å². The van der Waals surface area contributed by atoms with Crippen LogP contribution >= 0.6 is 34.7 Å². The van der Waals surface area contributed by atoms with Gasteiger partial charge in [0.2, 0.25) is 5.91 Å². The number of aryl methyl sites for hydroxylation is 1. The maximum absolute atomic E-state index is 12.9. The van der Waals surface area contributed by atoms with E-state index in [0.29, 0.717) is 17.5 Å². The Kier molecular flexibility index (Phi) is 7.68. The summed E-state index contributed by atoms with van der Waals surface area (Å²) in [5.41, 5.74) is 1.21. The van der Waals surface area contributed by atoms with E-state index in [4.69, 9.17) is 11.6 Å². The van der Waals surface area contributed by atoms with Crippen molar-refractivity contribution in [3.8, 4) is 11.4 Å². The molecule has 11 heteroatoms. The Morgan fingerprint density at radius 2 is 2.12 bits per heavy atom. The largest absolute Gasteiger partial charge is 0.416 e. The van der Waals surface area contributed by atoms with Crippen LogP contribution in [0.4, 0.5) is 18.9 Å². The SMILES string of the molecule is C=CCn1c(SCC(=O)Nc2cc(C(F)(F)F)ccc2Cl)nnc1-c1csc(C)c1CC. The topological polar surface area (TPSA) is 59.8 Å². The van der Waals surface area contributed by atoms with Crippen molar-refractivity contribution in [2.75, 3.05) is 11.1 Å². The zero-order valence-corrected chi connectivity index (χ0v) is 19.7. The smallest absolute Gasteiger partial charge is 0.324 e. The van der Waals surface area contributed by atoms with E-state index in [1.54, 1.807) is 17.4 Å². The van der Waals surface area contributed by atoms with E-state index in [0.717, 1.165) is 41.9 Å². The molecule has 1 amide bonds. The molecule has 2 heterocycles. The average molecular weight is 501 g/mol. The number of nitrogens with zero attached hydrogens (tertiary/aromatic N) is 3. The molecule has 0 saturated heterocycles. The third-order valence-electron chi connectivity index (χ3n) is 4.63. The highest BCUT2D eigenvalue weighted by Gasteiger charge is 2.31. The molecular weight excluding hydrogens is 481 g/mol. The number of carbonyl (C=O) groups excluding carboxylic acids is 1. The molecule has 3 rings (SSSR count). The van der Waals surface area contributed by atoms with Crippen LogP contribution in [-0.4, -0.2) is 26.4 Å². The van der Waals surface area contributed by atoms with Crippen molar-refractivity contribution < 1.29 is 18.0 Å². The van der Waals surface area contributed by atoms with Gasteiger partial charge in [-0.15, -0.1) is 28.1 Å². The van der Waals surface area contributed by atoms with Crippen LogP contribution in [0.2, 0.25) is 5.02 Å². The van der Waals surface area contributed by atoms with E-state index >= 15 is 0 Å². The average Bonchev–Trinajstić information content (AvgIpc) is 3.30. The van der Waals surface area contributed by atoms with Gasteiger partial charge in [-0.25, -0.2) is 0 Å². The Morgan fingerprint density at radius 1 is 1.38 bits per heavy atom. The Balaban J connectivity index is 1.77. The van der Waals surface area contributed by atoms with Gasteiger partial charge in [0, 0.05) is 22.4 Å². The van der Waals surface area contributed by atoms with Crippen molar-refractivity contribution in [2.24, 2.45) is 0 Å². The number of hydrogen-bond donors (Lipinski definition) is 1. The van der Waals surface area contributed by atoms with Gasteiger partial charge in [-0.1, -0.05) is 36.4 Å². The van der Waals surface area contributed by atoms with Crippen molar-refractivity contribution in [2.45, 2.75) is 38.1 Å². The lowest BCUT2D eigenvalue weighted by Gasteiger charge is -2.12. The van der Waals surface area contributed by atoms with E-state index < -0.39 is 17.6 Å². The maximum Gasteiger partial charge on any atom is 0.416 e. The summed E-state index contributed by atoms with van der Waals surface area (Å²) in [5.74, 6) is 0.104. The van der Waals surface area contributed by atoms with Gasteiger partial charge < -0.3 is 5.32 Å². The molecule has 3 aromatic rings. The molecule has 0 radical (unpaired) electrons. The normalized spacial score (nSPS) is 11.6. The molecule has 32 heavy (non-hydrogen) atoms. The van der Waals surface area contributed by atoms with Crippen molar-refractivity contribution in [3.05, 3.63) is 57.3 Å². The molecule has 0 aliphatic heterocycles. The van der Waals surface area contributed by atoms with Crippen LogP contribution in [0.15, 0.2) is 41.4 Å². The van der Waals surface area contributed by atoms with Crippen molar-refractivity contribution >= 4 is 46.3 Å². The molecule has 2 aromatic heterocycles. The van der Waals surface area contributed by atoms with Gasteiger partial charge in [-0.3, -0.25) is 9.36 Å². The number of allylic oxidation sites excluding steroid dienone is 1. The van der Waals surface area contributed by atoms with Crippen molar-refractivity contribution in [1.82, 2.24) is 14.8 Å². The fourth-order valence-corrected chi connectivity index (χ4v) is 4.96. The predicted molar refractivity (Wildman–Crippen MR) is 123 cm³/mol. The lowest BCUT2D eigenvalue weighted by atomic mass is 10.1. The molecule has 0 unspecified atom stereocenters. The molecule has 0 aliphatic carbocycles. The Labute approximate surface area is 196 Å². The summed E-state index contributed by atoms with van der Waals surface area (Å²) in [6.45, 7) is 8.36. The second kappa shape index (κ2) is 10.1. The number of halogens is 4. The summed E-state index contributed by atoms with van der Waals surface area (Å²) in [6.07, 6.45) is -1.97. The molecule has 0 atom stereocenters. The quantitative estimate of drug-likeness (QED) is 0.284. The minimum atomic E-state index is -4.53. The second-order valence-corrected chi connectivity index (χ2v) is 9.21. The van der Waals surface area contributed by atoms with E-state index in [1.165, 1.54) is 10.4 Å². The maximum atomic E-state index is 12.9. The molecule has 0 saturated carbocycles. The molecule has 1 N–H and O–H groups in total. The highest BCUT2D eigenvalue weighted by atomic mass is 35.5.